The van der Waals surface area contributed by atoms with Gasteiger partial charge in [-0.2, -0.15) is 4.98 Å². The van der Waals surface area contributed by atoms with Crippen LogP contribution in [0.3, 0.4) is 0 Å². The first-order valence-electron chi connectivity index (χ1n) is 7.80. The summed E-state index contributed by atoms with van der Waals surface area (Å²) in [6.45, 7) is 0.284. The van der Waals surface area contributed by atoms with E-state index in [-0.39, 0.29) is 6.54 Å². The van der Waals surface area contributed by atoms with Crippen molar-refractivity contribution in [1.82, 2.24) is 24.9 Å². The second-order valence-corrected chi connectivity index (χ2v) is 5.51. The number of hydrogen-bond donors (Lipinski definition) is 1. The van der Waals surface area contributed by atoms with Crippen LogP contribution in [0.5, 0.6) is 0 Å². The Morgan fingerprint density at radius 1 is 1.00 bits per heavy atom. The van der Waals surface area contributed by atoms with Crippen molar-refractivity contribution in [1.29, 1.82) is 0 Å². The molecule has 0 bridgehead atoms. The molecule has 1 atom stereocenters. The first-order valence-corrected chi connectivity index (χ1v) is 7.80. The minimum absolute atomic E-state index is 0.284. The molecule has 4 rings (SSSR count). The molecule has 0 amide bonds. The quantitative estimate of drug-likeness (QED) is 0.603. The van der Waals surface area contributed by atoms with E-state index in [9.17, 15) is 5.11 Å². The summed E-state index contributed by atoms with van der Waals surface area (Å²) in [5, 5.41) is 22.4. The van der Waals surface area contributed by atoms with Crippen LogP contribution in [0.2, 0.25) is 0 Å². The maximum absolute atomic E-state index is 10.5. The average molecular weight is 333 g/mol. The van der Waals surface area contributed by atoms with Gasteiger partial charge in [-0.15, -0.1) is 10.2 Å². The fraction of sp³-hybridized carbons (Fsp3) is 0.111. The van der Waals surface area contributed by atoms with Crippen LogP contribution in [-0.4, -0.2) is 30.0 Å². The summed E-state index contributed by atoms with van der Waals surface area (Å²) in [7, 11) is 0. The molecule has 4 aromatic rings. The Hall–Kier alpha value is -3.32. The fourth-order valence-corrected chi connectivity index (χ4v) is 2.55. The molecule has 0 saturated heterocycles. The molecule has 0 aliphatic heterocycles. The Bertz CT molecular complexity index is 950. The predicted molar refractivity (Wildman–Crippen MR) is 89.4 cm³/mol. The Kier molecular flexibility index (Phi) is 4.05. The van der Waals surface area contributed by atoms with Crippen LogP contribution in [0, 0.1) is 0 Å². The largest absolute Gasteiger partial charge is 0.380 e. The van der Waals surface area contributed by atoms with E-state index in [4.69, 9.17) is 4.52 Å². The van der Waals surface area contributed by atoms with Crippen molar-refractivity contribution in [3.8, 4) is 11.4 Å². The number of rotatable bonds is 5. The van der Waals surface area contributed by atoms with Crippen molar-refractivity contribution in [3.05, 3.63) is 84.3 Å². The number of benzene rings is 2. The lowest BCUT2D eigenvalue weighted by atomic mass is 10.1. The van der Waals surface area contributed by atoms with Gasteiger partial charge in [0.1, 0.15) is 19.0 Å². The van der Waals surface area contributed by atoms with Gasteiger partial charge < -0.3 is 14.2 Å². The first-order chi connectivity index (χ1) is 12.3. The SMILES string of the molecule is O[C@H](c1ccccc1)c1nncn1Cc1nc(-c2ccccc2)no1. The Morgan fingerprint density at radius 2 is 1.72 bits per heavy atom. The van der Waals surface area contributed by atoms with E-state index in [1.165, 1.54) is 6.33 Å². The predicted octanol–water partition coefficient (Wildman–Crippen LogP) is 2.46. The molecular formula is C18H15N5O2. The zero-order valence-electron chi connectivity index (χ0n) is 13.2. The Balaban J connectivity index is 1.57. The van der Waals surface area contributed by atoms with Crippen molar-refractivity contribution in [2.24, 2.45) is 0 Å². The molecule has 0 aliphatic rings. The number of aliphatic hydroxyl groups is 1. The van der Waals surface area contributed by atoms with Crippen molar-refractivity contribution in [3.63, 3.8) is 0 Å². The lowest BCUT2D eigenvalue weighted by molar-refractivity contribution is 0.203. The summed E-state index contributed by atoms with van der Waals surface area (Å²) in [6, 6.07) is 18.9. The molecule has 2 aromatic heterocycles. The normalized spacial score (nSPS) is 12.2. The lowest BCUT2D eigenvalue weighted by Crippen LogP contribution is -2.10. The molecule has 7 heteroatoms. The molecule has 0 saturated carbocycles. The van der Waals surface area contributed by atoms with Gasteiger partial charge in [0.15, 0.2) is 5.82 Å². The van der Waals surface area contributed by atoms with Crippen molar-refractivity contribution in [2.45, 2.75) is 12.6 Å². The van der Waals surface area contributed by atoms with E-state index in [1.54, 1.807) is 4.57 Å². The van der Waals surface area contributed by atoms with Gasteiger partial charge in [0.05, 0.1) is 0 Å². The summed E-state index contributed by atoms with van der Waals surface area (Å²) < 4.78 is 7.01. The van der Waals surface area contributed by atoms with Crippen LogP contribution in [0.4, 0.5) is 0 Å². The van der Waals surface area contributed by atoms with Crippen LogP contribution >= 0.6 is 0 Å². The van der Waals surface area contributed by atoms with Crippen molar-refractivity contribution < 1.29 is 9.63 Å². The summed E-state index contributed by atoms with van der Waals surface area (Å²) in [4.78, 5) is 4.39. The molecule has 0 unspecified atom stereocenters. The van der Waals surface area contributed by atoms with E-state index in [2.05, 4.69) is 20.3 Å². The summed E-state index contributed by atoms with van der Waals surface area (Å²) in [6.07, 6.45) is 0.661. The van der Waals surface area contributed by atoms with Crippen molar-refractivity contribution >= 4 is 0 Å². The van der Waals surface area contributed by atoms with Crippen LogP contribution in [0.1, 0.15) is 23.4 Å². The molecule has 1 N–H and O–H groups in total. The van der Waals surface area contributed by atoms with Gasteiger partial charge in [0.2, 0.25) is 11.7 Å². The van der Waals surface area contributed by atoms with Crippen LogP contribution < -0.4 is 0 Å². The second-order valence-electron chi connectivity index (χ2n) is 5.51. The highest BCUT2D eigenvalue weighted by Gasteiger charge is 2.19. The summed E-state index contributed by atoms with van der Waals surface area (Å²) in [5.74, 6) is 1.36. The van der Waals surface area contributed by atoms with Crippen LogP contribution in [0.15, 0.2) is 71.5 Å². The molecule has 7 nitrogen and oxygen atoms in total. The number of nitrogens with zero attached hydrogens (tertiary/aromatic N) is 5. The van der Waals surface area contributed by atoms with E-state index >= 15 is 0 Å². The van der Waals surface area contributed by atoms with Crippen LogP contribution in [0.25, 0.3) is 11.4 Å². The van der Waals surface area contributed by atoms with E-state index in [1.807, 2.05) is 60.7 Å². The third kappa shape index (κ3) is 3.17. The van der Waals surface area contributed by atoms with Crippen LogP contribution in [-0.2, 0) is 6.54 Å². The monoisotopic (exact) mass is 333 g/mol. The molecule has 0 spiro atoms. The zero-order valence-corrected chi connectivity index (χ0v) is 13.2. The lowest BCUT2D eigenvalue weighted by Gasteiger charge is -2.11. The first kappa shape index (κ1) is 15.2. The number of aliphatic hydroxyl groups excluding tert-OH is 1. The van der Waals surface area contributed by atoms with Gasteiger partial charge in [-0.05, 0) is 5.56 Å². The zero-order chi connectivity index (χ0) is 17.1. The highest BCUT2D eigenvalue weighted by atomic mass is 16.5. The van der Waals surface area contributed by atoms with Gasteiger partial charge in [-0.25, -0.2) is 0 Å². The molecule has 2 heterocycles. The van der Waals surface area contributed by atoms with E-state index in [0.29, 0.717) is 17.5 Å². The minimum Gasteiger partial charge on any atom is -0.380 e. The smallest absolute Gasteiger partial charge is 0.247 e. The van der Waals surface area contributed by atoms with E-state index < -0.39 is 6.10 Å². The maximum Gasteiger partial charge on any atom is 0.247 e. The van der Waals surface area contributed by atoms with Gasteiger partial charge in [0, 0.05) is 5.56 Å². The summed E-state index contributed by atoms with van der Waals surface area (Å²) >= 11 is 0. The fourth-order valence-electron chi connectivity index (χ4n) is 2.55. The molecule has 0 radical (unpaired) electrons. The number of hydrogen-bond acceptors (Lipinski definition) is 6. The Morgan fingerprint density at radius 3 is 2.48 bits per heavy atom. The third-order valence-electron chi connectivity index (χ3n) is 3.81. The molecule has 25 heavy (non-hydrogen) atoms. The highest BCUT2D eigenvalue weighted by molar-refractivity contribution is 5.53. The van der Waals surface area contributed by atoms with Gasteiger partial charge in [-0.1, -0.05) is 65.8 Å². The third-order valence-corrected chi connectivity index (χ3v) is 3.81. The van der Waals surface area contributed by atoms with Crippen molar-refractivity contribution in [2.75, 3.05) is 0 Å². The average Bonchev–Trinajstić information content (AvgIpc) is 3.33. The summed E-state index contributed by atoms with van der Waals surface area (Å²) in [5.41, 5.74) is 1.62. The second kappa shape index (κ2) is 6.66. The maximum atomic E-state index is 10.5. The van der Waals surface area contributed by atoms with E-state index in [0.717, 1.165) is 11.1 Å². The molecule has 0 fully saturated rings. The standard InChI is InChI=1S/C18H15N5O2/c24-16(13-7-3-1-4-8-13)18-21-19-12-23(18)11-15-20-17(22-25-15)14-9-5-2-6-10-14/h1-10,12,16,24H,11H2/t16-/m1/s1. The van der Waals surface area contributed by atoms with Gasteiger partial charge in [-0.3, -0.25) is 0 Å². The Labute approximate surface area is 143 Å². The molecule has 124 valence electrons. The number of aromatic nitrogens is 5. The molecule has 2 aromatic carbocycles. The topological polar surface area (TPSA) is 89.9 Å². The molecule has 0 aliphatic carbocycles. The minimum atomic E-state index is -0.875. The highest BCUT2D eigenvalue weighted by Crippen LogP contribution is 2.21. The van der Waals surface area contributed by atoms with Gasteiger partial charge in [0.25, 0.3) is 0 Å². The van der Waals surface area contributed by atoms with Gasteiger partial charge >= 0.3 is 0 Å². The molecular weight excluding hydrogens is 318 g/mol.